The van der Waals surface area contributed by atoms with Gasteiger partial charge in [0.1, 0.15) is 39.5 Å². The van der Waals surface area contributed by atoms with E-state index in [0.717, 1.165) is 22.3 Å². The Labute approximate surface area is 425 Å². The lowest BCUT2D eigenvalue weighted by atomic mass is 9.69. The van der Waals surface area contributed by atoms with Crippen molar-refractivity contribution in [3.05, 3.63) is 225 Å². The normalized spacial score (nSPS) is 15.9. The molecule has 0 radical (unpaired) electrons. The van der Waals surface area contributed by atoms with E-state index < -0.39 is 28.0 Å². The van der Waals surface area contributed by atoms with Gasteiger partial charge in [-0.1, -0.05) is 72.8 Å². The van der Waals surface area contributed by atoms with Crippen molar-refractivity contribution in [1.82, 2.24) is 0 Å². The average molecular weight is 987 g/mol. The van der Waals surface area contributed by atoms with Crippen LogP contribution in [0.2, 0.25) is 0 Å². The Morgan fingerprint density at radius 1 is 0.301 bits per heavy atom. The van der Waals surface area contributed by atoms with E-state index in [0.29, 0.717) is 67.5 Å². The van der Waals surface area contributed by atoms with Gasteiger partial charge in [-0.2, -0.15) is 0 Å². The summed E-state index contributed by atoms with van der Waals surface area (Å²) in [5.74, 6) is -0.0745. The second-order valence-corrected chi connectivity index (χ2v) is 19.0. The molecule has 15 nitrogen and oxygen atoms in total. The molecule has 0 aliphatic heterocycles. The number of nitrogens with two attached hydrogens (primary N) is 8. The predicted octanol–water partition coefficient (Wildman–Crippen LogP) is 7.41. The molecule has 0 fully saturated rings. The summed E-state index contributed by atoms with van der Waals surface area (Å²) in [6.45, 7) is 8.50. The zero-order valence-electron chi connectivity index (χ0n) is 41.4. The fourth-order valence-corrected chi connectivity index (χ4v) is 8.51. The molecule has 1 aliphatic carbocycles. The number of rotatable bonds is 6. The van der Waals surface area contributed by atoms with E-state index in [9.17, 15) is 35.7 Å². The fraction of sp³-hybridized carbons (Fsp3) is 0.172. The second-order valence-electron chi connectivity index (χ2n) is 19.0. The highest BCUT2D eigenvalue weighted by molar-refractivity contribution is 5.63. The molecule has 9 rings (SSSR count). The summed E-state index contributed by atoms with van der Waals surface area (Å²) in [6, 6.07) is 48.2. The lowest BCUT2D eigenvalue weighted by molar-refractivity contribution is 0.0510. The average Bonchev–Trinajstić information content (AvgIpc) is 3.34. The third-order valence-corrected chi connectivity index (χ3v) is 13.3. The predicted molar refractivity (Wildman–Crippen MR) is 294 cm³/mol. The lowest BCUT2D eigenvalue weighted by Gasteiger charge is -2.41. The van der Waals surface area contributed by atoms with Crippen LogP contribution in [0.3, 0.4) is 0 Å². The highest BCUT2D eigenvalue weighted by Crippen LogP contribution is 2.48. The van der Waals surface area contributed by atoms with Crippen LogP contribution in [-0.4, -0.2) is 35.7 Å². The molecule has 0 amide bonds. The molecule has 23 N–H and O–H groups in total. The zero-order valence-corrected chi connectivity index (χ0v) is 41.4. The van der Waals surface area contributed by atoms with Crippen LogP contribution >= 0.6 is 0 Å². The fourth-order valence-electron chi connectivity index (χ4n) is 8.51. The number of anilines is 8. The van der Waals surface area contributed by atoms with Crippen molar-refractivity contribution in [3.8, 4) is 11.5 Å². The molecule has 0 heterocycles. The van der Waals surface area contributed by atoms with Crippen molar-refractivity contribution in [2.24, 2.45) is 0 Å². The van der Waals surface area contributed by atoms with E-state index in [-0.39, 0.29) is 22.9 Å². The molecule has 8 aromatic carbocycles. The molecule has 1 aliphatic rings. The van der Waals surface area contributed by atoms with Gasteiger partial charge in [-0.05, 0) is 187 Å². The van der Waals surface area contributed by atoms with Gasteiger partial charge in [-0.3, -0.25) is 0 Å². The van der Waals surface area contributed by atoms with E-state index in [1.54, 1.807) is 132 Å². The van der Waals surface area contributed by atoms with Gasteiger partial charge in [0.15, 0.2) is 0 Å². The third-order valence-electron chi connectivity index (χ3n) is 13.3. The Balaban J connectivity index is 0.000000159. The Kier molecular flexibility index (Phi) is 15.3. The van der Waals surface area contributed by atoms with Gasteiger partial charge in [-0.15, -0.1) is 0 Å². The first kappa shape index (κ1) is 53.9. The van der Waals surface area contributed by atoms with Gasteiger partial charge >= 0.3 is 0 Å². The van der Waals surface area contributed by atoms with Crippen LogP contribution in [0.1, 0.15) is 90.3 Å². The number of fused-ring (bicyclic) bond motifs is 2. The molecular formula is C58H66N8O7. The smallest absolute Gasteiger partial charge is 0.138 e. The number of aromatic hydroxyl groups is 2. The maximum absolute atomic E-state index is 10.9. The molecule has 0 saturated heterocycles. The molecule has 2 unspecified atom stereocenters. The first-order valence-electron chi connectivity index (χ1n) is 23.1. The van der Waals surface area contributed by atoms with Gasteiger partial charge < -0.3 is 81.6 Å². The number of hydrogen-bond donors (Lipinski definition) is 15. The highest BCUT2D eigenvalue weighted by Gasteiger charge is 2.44. The number of benzene rings is 8. The van der Waals surface area contributed by atoms with Gasteiger partial charge in [0, 0.05) is 34.1 Å². The quantitative estimate of drug-likeness (QED) is 0.0570. The topological polar surface area (TPSA) is 350 Å². The first-order valence-corrected chi connectivity index (χ1v) is 23.1. The number of phenols is 2. The molecule has 0 bridgehead atoms. The minimum absolute atomic E-state index is 0.0372. The number of hydrogen-bond acceptors (Lipinski definition) is 15. The van der Waals surface area contributed by atoms with Crippen LogP contribution in [0, 0.1) is 0 Å². The van der Waals surface area contributed by atoms with E-state index in [2.05, 4.69) is 0 Å². The lowest BCUT2D eigenvalue weighted by Crippen LogP contribution is -2.39. The minimum Gasteiger partial charge on any atom is -0.506 e. The van der Waals surface area contributed by atoms with E-state index >= 15 is 0 Å². The van der Waals surface area contributed by atoms with Gasteiger partial charge in [-0.25, -0.2) is 0 Å². The number of phenolic OH excluding ortho intramolecular Hbond substituents is 2. The summed E-state index contributed by atoms with van der Waals surface area (Å²) in [5, 5.41) is 72.4. The SMILES string of the molecule is CC(O)(c1ccc(N)cc1)c1ccc(N)cc1.CC(O)(c1ccc(N)cc1)c1ccc(N)cc1.CC(O)(c1ccc(O)c(N)c1)c1ccc(O)c(N)c1.CC1(O)c2ccc(N)cc2C(C)(O)c2ccc(N)cc21. The Morgan fingerprint density at radius 3 is 0.767 bits per heavy atom. The molecular weight excluding hydrogens is 921 g/mol. The van der Waals surface area contributed by atoms with E-state index in [1.165, 1.54) is 24.3 Å². The van der Waals surface area contributed by atoms with Gasteiger partial charge in [0.2, 0.25) is 0 Å². The zero-order chi connectivity index (χ0) is 53.8. The molecule has 73 heavy (non-hydrogen) atoms. The second kappa shape index (κ2) is 20.7. The summed E-state index contributed by atoms with van der Waals surface area (Å²) in [4.78, 5) is 0. The minimum atomic E-state index is -1.33. The molecule has 0 spiro atoms. The van der Waals surface area contributed by atoms with Gasteiger partial charge in [0.05, 0.1) is 11.4 Å². The van der Waals surface area contributed by atoms with Crippen LogP contribution in [0.25, 0.3) is 0 Å². The molecule has 0 saturated carbocycles. The van der Waals surface area contributed by atoms with E-state index in [1.807, 2.05) is 48.5 Å². The van der Waals surface area contributed by atoms with E-state index in [4.69, 9.17) is 45.9 Å². The Morgan fingerprint density at radius 2 is 0.521 bits per heavy atom. The highest BCUT2D eigenvalue weighted by atomic mass is 16.3. The van der Waals surface area contributed by atoms with Crippen LogP contribution in [-0.2, 0) is 28.0 Å². The third kappa shape index (κ3) is 11.7. The number of nitrogen functional groups attached to an aromatic ring is 8. The monoisotopic (exact) mass is 987 g/mol. The van der Waals surface area contributed by atoms with Crippen molar-refractivity contribution in [2.75, 3.05) is 45.9 Å². The summed E-state index contributed by atoms with van der Waals surface area (Å²) in [6.07, 6.45) is 0. The van der Waals surface area contributed by atoms with Crippen molar-refractivity contribution in [2.45, 2.75) is 62.6 Å². The molecule has 15 heteroatoms. The Hall–Kier alpha value is -8.44. The summed E-state index contributed by atoms with van der Waals surface area (Å²) < 4.78 is 0. The summed E-state index contributed by atoms with van der Waals surface area (Å²) >= 11 is 0. The molecule has 380 valence electrons. The molecule has 0 aromatic heterocycles. The number of aliphatic hydroxyl groups is 5. The molecule has 2 atom stereocenters. The molecule has 8 aromatic rings. The Bertz CT molecular complexity index is 2880. The van der Waals surface area contributed by atoms with Crippen LogP contribution < -0.4 is 45.9 Å². The van der Waals surface area contributed by atoms with Crippen molar-refractivity contribution in [3.63, 3.8) is 0 Å². The van der Waals surface area contributed by atoms with Crippen LogP contribution in [0.4, 0.5) is 45.5 Å². The van der Waals surface area contributed by atoms with Crippen molar-refractivity contribution < 1.29 is 35.7 Å². The standard InChI is InChI=1S/C16H18N2O2.C14H16N2O3.2C14H16N2O/c1-15(19)11-5-3-10(18)8-14(11)16(2,20)12-6-4-9(17)7-13(12)15;1-14(19,8-2-4-12(17)10(15)6-8)9-3-5-13(18)11(16)7-9;2*1-14(17,10-2-6-12(15)7-3-10)11-4-8-13(16)9-5-11/h3-8,19-20H,17-18H2,1-2H3;2-7,17-19H,15-16H2,1H3;2*2-9,17H,15-16H2,1H3. The maximum Gasteiger partial charge on any atom is 0.138 e. The maximum atomic E-state index is 10.9. The first-order chi connectivity index (χ1) is 34.1. The van der Waals surface area contributed by atoms with Crippen molar-refractivity contribution in [1.29, 1.82) is 0 Å². The van der Waals surface area contributed by atoms with Crippen molar-refractivity contribution >= 4 is 45.5 Å². The summed E-state index contributed by atoms with van der Waals surface area (Å²) in [7, 11) is 0. The van der Waals surface area contributed by atoms with Crippen LogP contribution in [0.15, 0.2) is 170 Å². The summed E-state index contributed by atoms with van der Waals surface area (Å²) in [5.41, 5.74) is 50.6. The largest absolute Gasteiger partial charge is 0.506 e. The van der Waals surface area contributed by atoms with Gasteiger partial charge in [0.25, 0.3) is 0 Å². The van der Waals surface area contributed by atoms with Crippen LogP contribution in [0.5, 0.6) is 11.5 Å².